The largest absolute Gasteiger partial charge is 0.468 e. The molecular weight excluding hydrogens is 394 g/mol. The molecule has 3 aromatic rings. The van der Waals surface area contributed by atoms with E-state index in [1.54, 1.807) is 6.07 Å². The Morgan fingerprint density at radius 2 is 1.86 bits per heavy atom. The zero-order valence-electron chi connectivity index (χ0n) is 16.0. The number of aryl methyl sites for hydroxylation is 1. The molecule has 0 fully saturated rings. The summed E-state index contributed by atoms with van der Waals surface area (Å²) in [6.07, 6.45) is 1.04. The zero-order chi connectivity index (χ0) is 21.0. The number of nitro benzene ring substituents is 1. The number of aromatic nitrogens is 1. The molecule has 0 bridgehead atoms. The van der Waals surface area contributed by atoms with E-state index >= 15 is 0 Å². The van der Waals surface area contributed by atoms with Gasteiger partial charge in [-0.3, -0.25) is 19.7 Å². The number of esters is 1. The Morgan fingerprint density at radius 1 is 1.17 bits per heavy atom. The third-order valence-corrected chi connectivity index (χ3v) is 5.46. The minimum atomic E-state index is -0.541. The van der Waals surface area contributed by atoms with Crippen molar-refractivity contribution in [3.63, 3.8) is 0 Å². The van der Waals surface area contributed by atoms with E-state index in [4.69, 9.17) is 4.74 Å². The first-order valence-corrected chi connectivity index (χ1v) is 9.73. The molecule has 1 heterocycles. The summed E-state index contributed by atoms with van der Waals surface area (Å²) in [6.45, 7) is 1.86. The first kappa shape index (κ1) is 20.4. The van der Waals surface area contributed by atoms with Crippen LogP contribution in [0, 0.1) is 10.1 Å². The van der Waals surface area contributed by atoms with Crippen molar-refractivity contribution >= 4 is 39.1 Å². The van der Waals surface area contributed by atoms with Gasteiger partial charge in [-0.05, 0) is 23.6 Å². The van der Waals surface area contributed by atoms with Gasteiger partial charge in [0.25, 0.3) is 11.6 Å². The number of hydrogen-bond acceptors (Lipinski definition) is 6. The highest BCUT2D eigenvalue weighted by Crippen LogP contribution is 2.23. The van der Waals surface area contributed by atoms with Gasteiger partial charge in [-0.15, -0.1) is 0 Å². The maximum Gasteiger partial charge on any atom is 0.325 e. The molecule has 0 unspecified atom stereocenters. The molecule has 1 amide bonds. The van der Waals surface area contributed by atoms with Crippen LogP contribution in [0.25, 0.3) is 10.2 Å². The van der Waals surface area contributed by atoms with Crippen molar-refractivity contribution in [1.29, 1.82) is 0 Å². The van der Waals surface area contributed by atoms with Gasteiger partial charge in [-0.2, -0.15) is 4.99 Å². The summed E-state index contributed by atoms with van der Waals surface area (Å²) in [6, 6.07) is 12.0. The fraction of sp³-hybridized carbons (Fsp3) is 0.250. The standard InChI is InChI=1S/C20H19N3O5S/c1-3-13-4-6-14(7-5-13)10-18(24)21-20-22(12-19(25)28-2)16-11-15(23(26)27)8-9-17(16)29-20/h4-9,11H,3,10,12H2,1-2H3. The van der Waals surface area contributed by atoms with Crippen LogP contribution in [0.2, 0.25) is 0 Å². The van der Waals surface area contributed by atoms with Crippen LogP contribution < -0.4 is 4.80 Å². The number of hydrogen-bond donors (Lipinski definition) is 0. The Hall–Kier alpha value is -3.33. The zero-order valence-corrected chi connectivity index (χ0v) is 16.8. The van der Waals surface area contributed by atoms with Crippen LogP contribution >= 0.6 is 11.3 Å². The molecule has 0 N–H and O–H groups in total. The minimum Gasteiger partial charge on any atom is -0.468 e. The van der Waals surface area contributed by atoms with Crippen molar-refractivity contribution in [3.05, 3.63) is 68.5 Å². The Kier molecular flexibility index (Phi) is 6.18. The summed E-state index contributed by atoms with van der Waals surface area (Å²) in [4.78, 5) is 39.4. The normalized spacial score (nSPS) is 11.6. The van der Waals surface area contributed by atoms with E-state index in [2.05, 4.69) is 11.9 Å². The number of amides is 1. The van der Waals surface area contributed by atoms with Crippen LogP contribution in [0.3, 0.4) is 0 Å². The molecule has 2 aromatic carbocycles. The molecule has 0 radical (unpaired) electrons. The fourth-order valence-electron chi connectivity index (χ4n) is 2.82. The molecule has 0 aliphatic rings. The topological polar surface area (TPSA) is 104 Å². The Balaban J connectivity index is 2.01. The summed E-state index contributed by atoms with van der Waals surface area (Å²) in [5.74, 6) is -0.908. The predicted octanol–water partition coefficient (Wildman–Crippen LogP) is 3.02. The average molecular weight is 413 g/mol. The van der Waals surface area contributed by atoms with Gasteiger partial charge in [0, 0.05) is 12.1 Å². The SMILES string of the molecule is CCc1ccc(CC(=O)N=c2sc3ccc([N+](=O)[O-])cc3n2CC(=O)OC)cc1. The van der Waals surface area contributed by atoms with Crippen molar-refractivity contribution in [2.24, 2.45) is 4.99 Å². The van der Waals surface area contributed by atoms with E-state index in [1.807, 2.05) is 24.3 Å². The van der Waals surface area contributed by atoms with Crippen LogP contribution in [0.1, 0.15) is 18.1 Å². The fourth-order valence-corrected chi connectivity index (χ4v) is 3.84. The van der Waals surface area contributed by atoms with Crippen molar-refractivity contribution in [1.82, 2.24) is 4.57 Å². The molecule has 1 aromatic heterocycles. The van der Waals surface area contributed by atoms with E-state index in [0.717, 1.165) is 12.0 Å². The maximum atomic E-state index is 12.5. The van der Waals surface area contributed by atoms with Crippen molar-refractivity contribution in [2.45, 2.75) is 26.3 Å². The maximum absolute atomic E-state index is 12.5. The highest BCUT2D eigenvalue weighted by molar-refractivity contribution is 7.16. The Morgan fingerprint density at radius 3 is 2.48 bits per heavy atom. The highest BCUT2D eigenvalue weighted by Gasteiger charge is 2.15. The Labute approximate surface area is 170 Å². The number of benzene rings is 2. The molecule has 0 aliphatic carbocycles. The van der Waals surface area contributed by atoms with Crippen molar-refractivity contribution in [3.8, 4) is 0 Å². The van der Waals surface area contributed by atoms with Gasteiger partial charge in [0.05, 0.1) is 28.7 Å². The molecule has 8 nitrogen and oxygen atoms in total. The summed E-state index contributed by atoms with van der Waals surface area (Å²) in [7, 11) is 1.25. The number of rotatable bonds is 6. The van der Waals surface area contributed by atoms with Crippen LogP contribution in [-0.2, 0) is 33.7 Å². The summed E-state index contributed by atoms with van der Waals surface area (Å²) >= 11 is 1.19. The predicted molar refractivity (Wildman–Crippen MR) is 109 cm³/mol. The van der Waals surface area contributed by atoms with E-state index < -0.39 is 10.9 Å². The van der Waals surface area contributed by atoms with Gasteiger partial charge < -0.3 is 9.30 Å². The van der Waals surface area contributed by atoms with Gasteiger partial charge in [0.2, 0.25) is 0 Å². The van der Waals surface area contributed by atoms with E-state index in [1.165, 1.54) is 40.7 Å². The lowest BCUT2D eigenvalue weighted by molar-refractivity contribution is -0.384. The number of nitro groups is 1. The molecule has 150 valence electrons. The van der Waals surface area contributed by atoms with E-state index in [-0.39, 0.29) is 24.6 Å². The van der Waals surface area contributed by atoms with Crippen LogP contribution in [0.5, 0.6) is 0 Å². The van der Waals surface area contributed by atoms with E-state index in [0.29, 0.717) is 15.0 Å². The number of non-ortho nitro benzene ring substituents is 1. The number of nitrogens with zero attached hydrogens (tertiary/aromatic N) is 3. The molecule has 0 spiro atoms. The minimum absolute atomic E-state index is 0.109. The lowest BCUT2D eigenvalue weighted by Gasteiger charge is -2.04. The summed E-state index contributed by atoms with van der Waals surface area (Å²) in [5, 5.41) is 11.1. The molecule has 29 heavy (non-hydrogen) atoms. The smallest absolute Gasteiger partial charge is 0.325 e. The van der Waals surface area contributed by atoms with Crippen molar-refractivity contribution < 1.29 is 19.2 Å². The first-order chi connectivity index (χ1) is 13.9. The third-order valence-electron chi connectivity index (χ3n) is 4.40. The number of methoxy groups -OCH3 is 1. The lowest BCUT2D eigenvalue weighted by atomic mass is 10.1. The van der Waals surface area contributed by atoms with E-state index in [9.17, 15) is 19.7 Å². The van der Waals surface area contributed by atoms with Gasteiger partial charge in [0.15, 0.2) is 4.80 Å². The number of ether oxygens (including phenoxy) is 1. The molecule has 0 saturated carbocycles. The van der Waals surface area contributed by atoms with Gasteiger partial charge in [-0.25, -0.2) is 0 Å². The van der Waals surface area contributed by atoms with Crippen molar-refractivity contribution in [2.75, 3.05) is 7.11 Å². The number of thiazole rings is 1. The first-order valence-electron chi connectivity index (χ1n) is 8.91. The quantitative estimate of drug-likeness (QED) is 0.351. The number of fused-ring (bicyclic) bond motifs is 1. The Bertz CT molecular complexity index is 1150. The monoisotopic (exact) mass is 413 g/mol. The van der Waals surface area contributed by atoms with Gasteiger partial charge in [-0.1, -0.05) is 42.5 Å². The molecule has 9 heteroatoms. The molecular formula is C20H19N3O5S. The third kappa shape index (κ3) is 4.75. The number of carbonyl (C=O) groups excluding carboxylic acids is 2. The lowest BCUT2D eigenvalue weighted by Crippen LogP contribution is -2.22. The summed E-state index contributed by atoms with van der Waals surface area (Å²) in [5.41, 5.74) is 2.36. The van der Waals surface area contributed by atoms with Gasteiger partial charge in [0.1, 0.15) is 6.54 Å². The second-order valence-electron chi connectivity index (χ2n) is 6.31. The summed E-state index contributed by atoms with van der Waals surface area (Å²) < 4.78 is 6.86. The van der Waals surface area contributed by atoms with Gasteiger partial charge >= 0.3 is 5.97 Å². The second-order valence-corrected chi connectivity index (χ2v) is 7.32. The average Bonchev–Trinajstić information content (AvgIpc) is 3.04. The number of carbonyl (C=O) groups is 2. The van der Waals surface area contributed by atoms with Crippen LogP contribution in [0.4, 0.5) is 5.69 Å². The second kappa shape index (κ2) is 8.78. The molecule has 3 rings (SSSR count). The van der Waals surface area contributed by atoms with Crippen LogP contribution in [0.15, 0.2) is 47.5 Å². The van der Waals surface area contributed by atoms with Crippen LogP contribution in [-0.4, -0.2) is 28.5 Å². The molecule has 0 saturated heterocycles. The molecule has 0 aliphatic heterocycles. The molecule has 0 atom stereocenters. The highest BCUT2D eigenvalue weighted by atomic mass is 32.1.